The fourth-order valence-electron chi connectivity index (χ4n) is 2.77. The third kappa shape index (κ3) is 4.81. The van der Waals surface area contributed by atoms with Crippen LogP contribution in [0.25, 0.3) is 0 Å². The summed E-state index contributed by atoms with van der Waals surface area (Å²) in [5.74, 6) is 0.0613. The van der Waals surface area contributed by atoms with Crippen molar-refractivity contribution in [3.63, 3.8) is 0 Å². The first kappa shape index (κ1) is 21.4. The molecule has 1 unspecified atom stereocenters. The number of hydrogen-bond acceptors (Lipinski definition) is 6. The molecule has 0 spiro atoms. The highest BCUT2D eigenvalue weighted by molar-refractivity contribution is 8.24. The van der Waals surface area contributed by atoms with Crippen molar-refractivity contribution in [2.75, 3.05) is 5.32 Å². The Labute approximate surface area is 182 Å². The highest BCUT2D eigenvalue weighted by atomic mass is 35.5. The number of anilines is 1. The Morgan fingerprint density at radius 1 is 1.31 bits per heavy atom. The van der Waals surface area contributed by atoms with Crippen LogP contribution in [-0.2, 0) is 0 Å². The number of aromatic hydroxyl groups is 1. The molecule has 152 valence electrons. The molecule has 2 aromatic rings. The number of hydrazone groups is 1. The molecule has 0 aliphatic carbocycles. The third-order valence-corrected chi connectivity index (χ3v) is 5.97. The number of urea groups is 1. The van der Waals surface area contributed by atoms with Crippen molar-refractivity contribution >= 4 is 57.8 Å². The first-order valence-electron chi connectivity index (χ1n) is 8.58. The lowest BCUT2D eigenvalue weighted by Crippen LogP contribution is -2.54. The zero-order valence-electron chi connectivity index (χ0n) is 15.6. The van der Waals surface area contributed by atoms with E-state index in [4.69, 9.17) is 23.8 Å². The van der Waals surface area contributed by atoms with Gasteiger partial charge in [0, 0.05) is 16.3 Å². The number of hydrogen-bond donors (Lipinski definition) is 3. The van der Waals surface area contributed by atoms with Gasteiger partial charge in [-0.25, -0.2) is 9.80 Å². The Morgan fingerprint density at radius 2 is 1.97 bits per heavy atom. The van der Waals surface area contributed by atoms with Gasteiger partial charge in [0.2, 0.25) is 0 Å². The van der Waals surface area contributed by atoms with Crippen LogP contribution in [0.4, 0.5) is 10.5 Å². The number of hydroxylamine groups is 2. The quantitative estimate of drug-likeness (QED) is 0.270. The van der Waals surface area contributed by atoms with Crippen LogP contribution in [0.15, 0.2) is 53.6 Å². The van der Waals surface area contributed by atoms with Gasteiger partial charge in [0.15, 0.2) is 10.5 Å². The number of carbonyl (C=O) groups excluding carboxylic acids is 1. The summed E-state index contributed by atoms with van der Waals surface area (Å²) >= 11 is 12.6. The minimum atomic E-state index is -0.866. The van der Waals surface area contributed by atoms with Crippen LogP contribution in [-0.4, -0.2) is 47.9 Å². The van der Waals surface area contributed by atoms with E-state index in [1.807, 2.05) is 13.8 Å². The highest BCUT2D eigenvalue weighted by Crippen LogP contribution is 2.42. The number of nitrogens with zero attached hydrogens (tertiary/aromatic N) is 3. The van der Waals surface area contributed by atoms with Crippen molar-refractivity contribution in [3.05, 3.63) is 59.1 Å². The molecule has 29 heavy (non-hydrogen) atoms. The van der Waals surface area contributed by atoms with Crippen molar-refractivity contribution in [2.45, 2.75) is 24.8 Å². The predicted molar refractivity (Wildman–Crippen MR) is 120 cm³/mol. The standard InChI is InChI=1S/C19H19ClN4O3S2/c1-19(2)16(24(27)17(26)22-14-9-7-13(20)8-10-14)23(18(28)29-19)21-11-12-5-3-4-6-15(12)25/h3-11,16,25,27H,1-2H3,(H,22,26). The molecule has 1 aliphatic heterocycles. The molecule has 0 saturated carbocycles. The van der Waals surface area contributed by atoms with E-state index in [-0.39, 0.29) is 5.75 Å². The summed E-state index contributed by atoms with van der Waals surface area (Å²) in [6.07, 6.45) is 0.566. The van der Waals surface area contributed by atoms with Gasteiger partial charge in [-0.1, -0.05) is 47.7 Å². The van der Waals surface area contributed by atoms with Crippen LogP contribution >= 0.6 is 35.6 Å². The van der Waals surface area contributed by atoms with Gasteiger partial charge in [-0.3, -0.25) is 5.21 Å². The smallest absolute Gasteiger partial charge is 0.347 e. The molecule has 0 aromatic heterocycles. The lowest BCUT2D eigenvalue weighted by Gasteiger charge is -2.34. The predicted octanol–water partition coefficient (Wildman–Crippen LogP) is 4.74. The van der Waals surface area contributed by atoms with Gasteiger partial charge in [-0.2, -0.15) is 10.2 Å². The summed E-state index contributed by atoms with van der Waals surface area (Å²) in [5.41, 5.74) is 0.965. The van der Waals surface area contributed by atoms with E-state index in [0.717, 1.165) is 0 Å². The van der Waals surface area contributed by atoms with E-state index in [1.165, 1.54) is 29.1 Å². The molecule has 2 aromatic carbocycles. The number of phenolic OH excluding ortho intramolecular Hbond substituents is 1. The molecule has 10 heteroatoms. The first-order chi connectivity index (χ1) is 13.7. The highest BCUT2D eigenvalue weighted by Gasteiger charge is 2.50. The number of phenols is 1. The van der Waals surface area contributed by atoms with E-state index in [0.29, 0.717) is 25.7 Å². The van der Waals surface area contributed by atoms with Gasteiger partial charge >= 0.3 is 6.03 Å². The van der Waals surface area contributed by atoms with Crippen LogP contribution in [0.5, 0.6) is 5.75 Å². The van der Waals surface area contributed by atoms with Crippen molar-refractivity contribution in [1.29, 1.82) is 0 Å². The van der Waals surface area contributed by atoms with E-state index in [2.05, 4.69) is 10.4 Å². The van der Waals surface area contributed by atoms with Crippen LogP contribution in [0.1, 0.15) is 19.4 Å². The molecule has 3 rings (SSSR count). The minimum absolute atomic E-state index is 0.0613. The minimum Gasteiger partial charge on any atom is -0.507 e. The fraction of sp³-hybridized carbons (Fsp3) is 0.211. The number of thiocarbonyl (C=S) groups is 1. The van der Waals surface area contributed by atoms with Gasteiger partial charge in [-0.15, -0.1) is 0 Å². The zero-order valence-corrected chi connectivity index (χ0v) is 18.0. The summed E-state index contributed by atoms with van der Waals surface area (Å²) in [6, 6.07) is 12.5. The van der Waals surface area contributed by atoms with Crippen molar-refractivity contribution in [3.8, 4) is 5.75 Å². The third-order valence-electron chi connectivity index (χ3n) is 4.18. The number of rotatable bonds is 4. The second-order valence-corrected chi connectivity index (χ2v) is 9.50. The lowest BCUT2D eigenvalue weighted by molar-refractivity contribution is -0.114. The maximum absolute atomic E-state index is 12.6. The normalized spacial score (nSPS) is 18.3. The topological polar surface area (TPSA) is 88.4 Å². The average molecular weight is 451 g/mol. The molecule has 7 nitrogen and oxygen atoms in total. The Bertz CT molecular complexity index is 953. The molecule has 3 N–H and O–H groups in total. The average Bonchev–Trinajstić information content (AvgIpc) is 2.90. The number of carbonyl (C=O) groups is 1. The molecule has 0 bridgehead atoms. The van der Waals surface area contributed by atoms with Gasteiger partial charge < -0.3 is 10.4 Å². The van der Waals surface area contributed by atoms with Crippen LogP contribution in [0.3, 0.4) is 0 Å². The van der Waals surface area contributed by atoms with Gasteiger partial charge in [-0.05, 0) is 50.2 Å². The van der Waals surface area contributed by atoms with Crippen LogP contribution in [0.2, 0.25) is 5.02 Å². The number of para-hydroxylation sites is 1. The van der Waals surface area contributed by atoms with Gasteiger partial charge in [0.25, 0.3) is 0 Å². The Kier molecular flexibility index (Phi) is 6.33. The maximum atomic E-state index is 12.6. The molecule has 1 heterocycles. The monoisotopic (exact) mass is 450 g/mol. The second-order valence-electron chi connectivity index (χ2n) is 6.77. The van der Waals surface area contributed by atoms with Crippen molar-refractivity contribution in [2.24, 2.45) is 5.10 Å². The van der Waals surface area contributed by atoms with E-state index >= 15 is 0 Å². The molecule has 1 atom stereocenters. The van der Waals surface area contributed by atoms with Crippen LogP contribution < -0.4 is 5.32 Å². The Morgan fingerprint density at radius 3 is 2.62 bits per heavy atom. The summed E-state index contributed by atoms with van der Waals surface area (Å²) in [4.78, 5) is 12.6. The number of halogens is 1. The molecule has 2 amide bonds. The Hall–Kier alpha value is -2.33. The summed E-state index contributed by atoms with van der Waals surface area (Å²) in [5, 5.41) is 30.0. The van der Waals surface area contributed by atoms with Crippen molar-refractivity contribution < 1.29 is 15.1 Å². The zero-order chi connectivity index (χ0) is 21.2. The maximum Gasteiger partial charge on any atom is 0.347 e. The largest absolute Gasteiger partial charge is 0.507 e. The fourth-order valence-corrected chi connectivity index (χ4v) is 4.69. The molecule has 0 radical (unpaired) electrons. The Balaban J connectivity index is 1.83. The molecule has 1 saturated heterocycles. The SMILES string of the molecule is CC1(C)SC(=S)N(N=Cc2ccccc2O)C1N(O)C(=O)Nc1ccc(Cl)cc1. The summed E-state index contributed by atoms with van der Waals surface area (Å²) in [7, 11) is 0. The van der Waals surface area contributed by atoms with Gasteiger partial charge in [0.05, 0.1) is 11.0 Å². The molecule has 1 aliphatic rings. The summed E-state index contributed by atoms with van der Waals surface area (Å²) < 4.78 is -0.246. The van der Waals surface area contributed by atoms with E-state index in [1.54, 1.807) is 42.5 Å². The number of benzene rings is 2. The molecule has 1 fully saturated rings. The lowest BCUT2D eigenvalue weighted by atomic mass is 10.1. The molecular formula is C19H19ClN4O3S2. The number of nitrogens with one attached hydrogen (secondary N) is 1. The number of amides is 2. The van der Waals surface area contributed by atoms with E-state index in [9.17, 15) is 15.1 Å². The summed E-state index contributed by atoms with van der Waals surface area (Å²) in [6.45, 7) is 3.70. The van der Waals surface area contributed by atoms with Crippen molar-refractivity contribution in [1.82, 2.24) is 10.1 Å². The number of thioether (sulfide) groups is 1. The van der Waals surface area contributed by atoms with Crippen LogP contribution in [0, 0.1) is 0 Å². The van der Waals surface area contributed by atoms with Gasteiger partial charge in [0.1, 0.15) is 5.75 Å². The molecular weight excluding hydrogens is 432 g/mol. The van der Waals surface area contributed by atoms with E-state index < -0.39 is 16.9 Å². The first-order valence-corrected chi connectivity index (χ1v) is 10.2. The second kappa shape index (κ2) is 8.58.